The number of hydrogen-bond donors (Lipinski definition) is 1. The summed E-state index contributed by atoms with van der Waals surface area (Å²) in [6, 6.07) is 13.8. The van der Waals surface area contributed by atoms with Gasteiger partial charge in [-0.15, -0.1) is 0 Å². The smallest absolute Gasteiger partial charge is 0.242 e. The monoisotopic (exact) mass is 436 g/mol. The zero-order valence-corrected chi connectivity index (χ0v) is 18.2. The molecule has 156 valence electrons. The van der Waals surface area contributed by atoms with Gasteiger partial charge in [0.15, 0.2) is 0 Å². The molecule has 0 fully saturated rings. The van der Waals surface area contributed by atoms with Gasteiger partial charge in [-0.05, 0) is 62.2 Å². The first-order valence-electron chi connectivity index (χ1n) is 9.60. The number of ether oxygens (including phenoxy) is 1. The fraction of sp³-hybridized carbons (Fsp3) is 0.364. The summed E-state index contributed by atoms with van der Waals surface area (Å²) in [5.74, 6) is 0.414. The van der Waals surface area contributed by atoms with Crippen LogP contribution in [0.4, 0.5) is 0 Å². The highest BCUT2D eigenvalue weighted by atomic mass is 35.5. The van der Waals surface area contributed by atoms with Crippen LogP contribution in [0.3, 0.4) is 0 Å². The lowest BCUT2D eigenvalue weighted by atomic mass is 10.1. The van der Waals surface area contributed by atoms with Gasteiger partial charge in [0.2, 0.25) is 11.8 Å². The summed E-state index contributed by atoms with van der Waals surface area (Å²) >= 11 is 11.9. The Kier molecular flexibility index (Phi) is 9.29. The van der Waals surface area contributed by atoms with E-state index < -0.39 is 6.04 Å². The van der Waals surface area contributed by atoms with Crippen LogP contribution in [0.2, 0.25) is 10.0 Å². The number of rotatable bonds is 10. The molecule has 0 aliphatic heterocycles. The number of carbonyl (C=O) groups is 2. The van der Waals surface area contributed by atoms with Crippen LogP contribution in [0.5, 0.6) is 5.75 Å². The predicted octanol–water partition coefficient (Wildman–Crippen LogP) is 4.71. The van der Waals surface area contributed by atoms with Gasteiger partial charge in [-0.25, -0.2) is 0 Å². The molecule has 2 aromatic rings. The predicted molar refractivity (Wildman–Crippen MR) is 116 cm³/mol. The molecule has 0 aliphatic carbocycles. The van der Waals surface area contributed by atoms with E-state index in [1.54, 1.807) is 48.2 Å². The van der Waals surface area contributed by atoms with Crippen LogP contribution in [-0.2, 0) is 16.1 Å². The van der Waals surface area contributed by atoms with Gasteiger partial charge in [0.1, 0.15) is 11.8 Å². The van der Waals surface area contributed by atoms with Crippen molar-refractivity contribution in [2.45, 2.75) is 39.3 Å². The maximum atomic E-state index is 12.9. The van der Waals surface area contributed by atoms with Crippen LogP contribution in [0.1, 0.15) is 32.3 Å². The zero-order valence-electron chi connectivity index (χ0n) is 16.7. The molecule has 2 amide bonds. The van der Waals surface area contributed by atoms with Gasteiger partial charge in [-0.1, -0.05) is 35.3 Å². The lowest BCUT2D eigenvalue weighted by Crippen LogP contribution is -2.47. The second-order valence-electron chi connectivity index (χ2n) is 6.63. The number of carbonyl (C=O) groups excluding carboxylic acids is 2. The van der Waals surface area contributed by atoms with E-state index in [1.165, 1.54) is 0 Å². The highest BCUT2D eigenvalue weighted by Crippen LogP contribution is 2.17. The van der Waals surface area contributed by atoms with Crippen LogP contribution in [0.15, 0.2) is 48.5 Å². The van der Waals surface area contributed by atoms with E-state index in [-0.39, 0.29) is 18.2 Å². The molecule has 1 atom stereocenters. The molecular formula is C22H26Cl2N2O3. The van der Waals surface area contributed by atoms with Crippen molar-refractivity contribution in [3.8, 4) is 5.75 Å². The number of halogens is 2. The van der Waals surface area contributed by atoms with Gasteiger partial charge in [-0.2, -0.15) is 0 Å². The number of nitrogens with zero attached hydrogens (tertiary/aromatic N) is 1. The van der Waals surface area contributed by atoms with E-state index in [0.29, 0.717) is 41.9 Å². The Balaban J connectivity index is 1.97. The minimum absolute atomic E-state index is 0.108. The van der Waals surface area contributed by atoms with Crippen molar-refractivity contribution >= 4 is 35.0 Å². The maximum absolute atomic E-state index is 12.9. The summed E-state index contributed by atoms with van der Waals surface area (Å²) in [6.45, 7) is 4.81. The molecule has 0 heterocycles. The van der Waals surface area contributed by atoms with E-state index in [9.17, 15) is 9.59 Å². The van der Waals surface area contributed by atoms with E-state index in [1.807, 2.05) is 19.1 Å². The molecule has 0 radical (unpaired) electrons. The second kappa shape index (κ2) is 11.7. The van der Waals surface area contributed by atoms with Crippen LogP contribution < -0.4 is 10.1 Å². The highest BCUT2D eigenvalue weighted by molar-refractivity contribution is 6.30. The first kappa shape index (κ1) is 23.0. The Bertz CT molecular complexity index is 812. The maximum Gasteiger partial charge on any atom is 0.242 e. The Hall–Kier alpha value is -2.24. The number of amides is 2. The van der Waals surface area contributed by atoms with Crippen LogP contribution >= 0.6 is 23.2 Å². The van der Waals surface area contributed by atoms with Gasteiger partial charge in [-0.3, -0.25) is 9.59 Å². The lowest BCUT2D eigenvalue weighted by molar-refractivity contribution is -0.140. The first-order valence-corrected chi connectivity index (χ1v) is 10.4. The van der Waals surface area contributed by atoms with E-state index in [2.05, 4.69) is 5.32 Å². The summed E-state index contributed by atoms with van der Waals surface area (Å²) in [6.07, 6.45) is 0.813. The van der Waals surface area contributed by atoms with Gasteiger partial charge in [0.25, 0.3) is 0 Å². The molecule has 2 rings (SSSR count). The third kappa shape index (κ3) is 7.59. The van der Waals surface area contributed by atoms with Crippen molar-refractivity contribution in [2.24, 2.45) is 0 Å². The first-order chi connectivity index (χ1) is 13.9. The summed E-state index contributed by atoms with van der Waals surface area (Å²) in [4.78, 5) is 26.8. The van der Waals surface area contributed by atoms with Crippen molar-refractivity contribution in [3.05, 3.63) is 64.1 Å². The zero-order chi connectivity index (χ0) is 21.2. The van der Waals surface area contributed by atoms with Crippen molar-refractivity contribution in [1.82, 2.24) is 10.2 Å². The molecule has 0 bridgehead atoms. The molecule has 0 saturated carbocycles. The average Bonchev–Trinajstić information content (AvgIpc) is 2.70. The van der Waals surface area contributed by atoms with Crippen molar-refractivity contribution in [1.29, 1.82) is 0 Å². The Labute approximate surface area is 181 Å². The molecule has 0 aliphatic rings. The normalized spacial score (nSPS) is 11.6. The number of likely N-dealkylation sites (N-methyl/N-ethyl adjacent to an activating group) is 1. The molecule has 5 nitrogen and oxygen atoms in total. The van der Waals surface area contributed by atoms with Crippen LogP contribution in [-0.4, -0.2) is 35.9 Å². The van der Waals surface area contributed by atoms with E-state index >= 15 is 0 Å². The van der Waals surface area contributed by atoms with Crippen LogP contribution in [0, 0.1) is 0 Å². The average molecular weight is 437 g/mol. The van der Waals surface area contributed by atoms with Crippen LogP contribution in [0.25, 0.3) is 0 Å². The van der Waals surface area contributed by atoms with Crippen molar-refractivity contribution < 1.29 is 14.3 Å². The van der Waals surface area contributed by atoms with E-state index in [0.717, 1.165) is 5.56 Å². The molecule has 1 N–H and O–H groups in total. The fourth-order valence-corrected chi connectivity index (χ4v) is 3.16. The second-order valence-corrected chi connectivity index (χ2v) is 7.50. The van der Waals surface area contributed by atoms with Gasteiger partial charge >= 0.3 is 0 Å². The minimum atomic E-state index is -0.585. The van der Waals surface area contributed by atoms with Gasteiger partial charge in [0, 0.05) is 29.6 Å². The molecule has 7 heteroatoms. The van der Waals surface area contributed by atoms with Gasteiger partial charge in [0.05, 0.1) is 6.61 Å². The Morgan fingerprint density at radius 2 is 1.83 bits per heavy atom. The number of nitrogens with one attached hydrogen (secondary N) is 1. The highest BCUT2D eigenvalue weighted by Gasteiger charge is 2.25. The third-order valence-corrected chi connectivity index (χ3v) is 4.86. The summed E-state index contributed by atoms with van der Waals surface area (Å²) < 4.78 is 5.65. The molecule has 1 unspecified atom stereocenters. The molecular weight excluding hydrogens is 411 g/mol. The quantitative estimate of drug-likeness (QED) is 0.548. The lowest BCUT2D eigenvalue weighted by Gasteiger charge is -2.29. The molecule has 2 aromatic carbocycles. The topological polar surface area (TPSA) is 58.6 Å². The van der Waals surface area contributed by atoms with Crippen molar-refractivity contribution in [3.63, 3.8) is 0 Å². The molecule has 29 heavy (non-hydrogen) atoms. The number of hydrogen-bond acceptors (Lipinski definition) is 3. The summed E-state index contributed by atoms with van der Waals surface area (Å²) in [7, 11) is 0. The SMILES string of the molecule is CCNC(=O)C(C)N(Cc1cccc(Cl)c1)C(=O)CCCOc1ccc(Cl)cc1. The van der Waals surface area contributed by atoms with Gasteiger partial charge < -0.3 is 15.0 Å². The number of benzene rings is 2. The fourth-order valence-electron chi connectivity index (χ4n) is 2.82. The standard InChI is InChI=1S/C22H26Cl2N2O3/c1-3-25-22(28)16(2)26(15-17-6-4-7-19(24)14-17)21(27)8-5-13-29-20-11-9-18(23)10-12-20/h4,6-7,9-12,14,16H,3,5,8,13,15H2,1-2H3,(H,25,28). The molecule has 0 aromatic heterocycles. The minimum Gasteiger partial charge on any atom is -0.494 e. The Morgan fingerprint density at radius 3 is 2.48 bits per heavy atom. The third-order valence-electron chi connectivity index (χ3n) is 4.38. The largest absolute Gasteiger partial charge is 0.494 e. The Morgan fingerprint density at radius 1 is 1.10 bits per heavy atom. The molecule has 0 spiro atoms. The van der Waals surface area contributed by atoms with Crippen molar-refractivity contribution in [2.75, 3.05) is 13.2 Å². The molecule has 0 saturated heterocycles. The summed E-state index contributed by atoms with van der Waals surface area (Å²) in [5, 5.41) is 4.01. The summed E-state index contributed by atoms with van der Waals surface area (Å²) in [5.41, 5.74) is 0.874. The van der Waals surface area contributed by atoms with E-state index in [4.69, 9.17) is 27.9 Å².